The number of imidazole rings is 1. The first kappa shape index (κ1) is 16.3. The standard InChI is InChI=1S/C14H16F3N3O2/c1-8-11(12(22)19-13(2,3)7-21)20-6-9(14(15,16)17)4-5-10(20)18-8/h4-6,21H,7H2,1-3H3,(H,19,22). The van der Waals surface area contributed by atoms with Crippen LogP contribution in [0.2, 0.25) is 0 Å². The Labute approximate surface area is 124 Å². The largest absolute Gasteiger partial charge is 0.417 e. The molecular formula is C14H16F3N3O2. The van der Waals surface area contributed by atoms with Gasteiger partial charge < -0.3 is 10.4 Å². The van der Waals surface area contributed by atoms with Gasteiger partial charge in [0.25, 0.3) is 5.91 Å². The van der Waals surface area contributed by atoms with Crippen molar-refractivity contribution in [2.45, 2.75) is 32.5 Å². The summed E-state index contributed by atoms with van der Waals surface area (Å²) >= 11 is 0. The summed E-state index contributed by atoms with van der Waals surface area (Å²) in [7, 11) is 0. The zero-order valence-corrected chi connectivity index (χ0v) is 12.3. The van der Waals surface area contributed by atoms with E-state index in [9.17, 15) is 23.1 Å². The summed E-state index contributed by atoms with van der Waals surface area (Å²) < 4.78 is 39.6. The summed E-state index contributed by atoms with van der Waals surface area (Å²) in [4.78, 5) is 16.4. The van der Waals surface area contributed by atoms with Gasteiger partial charge in [-0.15, -0.1) is 0 Å². The van der Waals surface area contributed by atoms with Gasteiger partial charge in [-0.05, 0) is 32.9 Å². The number of carbonyl (C=O) groups is 1. The maximum Gasteiger partial charge on any atom is 0.417 e. The zero-order chi connectivity index (χ0) is 16.7. The summed E-state index contributed by atoms with van der Waals surface area (Å²) in [5.41, 5.74) is -1.19. The normalized spacial score (nSPS) is 12.7. The van der Waals surface area contributed by atoms with Gasteiger partial charge in [0.15, 0.2) is 0 Å². The van der Waals surface area contributed by atoms with Crippen molar-refractivity contribution in [3.05, 3.63) is 35.3 Å². The molecule has 2 aromatic heterocycles. The van der Waals surface area contributed by atoms with Crippen LogP contribution < -0.4 is 5.32 Å². The number of hydrogen-bond donors (Lipinski definition) is 2. The molecule has 22 heavy (non-hydrogen) atoms. The molecule has 0 fully saturated rings. The van der Waals surface area contributed by atoms with Gasteiger partial charge in [0.1, 0.15) is 11.3 Å². The number of alkyl halides is 3. The minimum atomic E-state index is -4.51. The Hall–Kier alpha value is -2.09. The van der Waals surface area contributed by atoms with Crippen LogP contribution in [-0.2, 0) is 6.18 Å². The van der Waals surface area contributed by atoms with Gasteiger partial charge in [-0.25, -0.2) is 4.98 Å². The Bertz CT molecular complexity index is 720. The van der Waals surface area contributed by atoms with E-state index in [4.69, 9.17) is 0 Å². The number of pyridine rings is 1. The number of halogens is 3. The molecule has 0 aliphatic heterocycles. The molecule has 1 amide bonds. The topological polar surface area (TPSA) is 66.6 Å². The zero-order valence-electron chi connectivity index (χ0n) is 12.3. The number of aliphatic hydroxyl groups excluding tert-OH is 1. The summed E-state index contributed by atoms with van der Waals surface area (Å²) in [6.07, 6.45) is -3.67. The molecule has 2 N–H and O–H groups in total. The second-order valence-electron chi connectivity index (χ2n) is 5.69. The van der Waals surface area contributed by atoms with E-state index < -0.39 is 23.2 Å². The Balaban J connectivity index is 2.53. The summed E-state index contributed by atoms with van der Waals surface area (Å²) in [6, 6.07) is 2.13. The summed E-state index contributed by atoms with van der Waals surface area (Å²) in [5.74, 6) is -0.594. The molecule has 0 aliphatic carbocycles. The molecule has 2 rings (SSSR count). The first-order valence-corrected chi connectivity index (χ1v) is 6.54. The van der Waals surface area contributed by atoms with Crippen LogP contribution in [0.5, 0.6) is 0 Å². The Morgan fingerprint density at radius 2 is 2.00 bits per heavy atom. The fourth-order valence-electron chi connectivity index (χ4n) is 2.01. The first-order valence-electron chi connectivity index (χ1n) is 6.54. The average Bonchev–Trinajstić information content (AvgIpc) is 2.72. The Morgan fingerprint density at radius 3 is 2.55 bits per heavy atom. The van der Waals surface area contributed by atoms with E-state index in [2.05, 4.69) is 10.3 Å². The van der Waals surface area contributed by atoms with E-state index in [0.717, 1.165) is 16.7 Å². The van der Waals surface area contributed by atoms with Crippen LogP contribution in [-0.4, -0.2) is 32.5 Å². The number of aromatic nitrogens is 2. The fourth-order valence-corrected chi connectivity index (χ4v) is 2.01. The molecule has 0 radical (unpaired) electrons. The third kappa shape index (κ3) is 3.06. The highest BCUT2D eigenvalue weighted by atomic mass is 19.4. The number of carbonyl (C=O) groups excluding carboxylic acids is 1. The molecule has 0 spiro atoms. The van der Waals surface area contributed by atoms with E-state index in [0.29, 0.717) is 5.69 Å². The van der Waals surface area contributed by atoms with E-state index in [1.165, 1.54) is 6.07 Å². The van der Waals surface area contributed by atoms with Crippen LogP contribution in [0.4, 0.5) is 13.2 Å². The lowest BCUT2D eigenvalue weighted by atomic mass is 10.1. The van der Waals surface area contributed by atoms with Gasteiger partial charge in [0.2, 0.25) is 0 Å². The van der Waals surface area contributed by atoms with Gasteiger partial charge >= 0.3 is 6.18 Å². The smallest absolute Gasteiger partial charge is 0.394 e. The van der Waals surface area contributed by atoms with E-state index in [-0.39, 0.29) is 17.9 Å². The number of amides is 1. The molecule has 0 aromatic carbocycles. The van der Waals surface area contributed by atoms with Gasteiger partial charge in [-0.2, -0.15) is 13.2 Å². The molecule has 0 bridgehead atoms. The Kier molecular flexibility index (Phi) is 3.90. The molecule has 0 unspecified atom stereocenters. The minimum absolute atomic E-state index is 0.0163. The number of hydrogen-bond acceptors (Lipinski definition) is 3. The molecule has 8 heteroatoms. The second-order valence-corrected chi connectivity index (χ2v) is 5.69. The number of fused-ring (bicyclic) bond motifs is 1. The monoisotopic (exact) mass is 315 g/mol. The highest BCUT2D eigenvalue weighted by molar-refractivity contribution is 5.95. The predicted octanol–water partition coefficient (Wildman–Crippen LogP) is 2.16. The van der Waals surface area contributed by atoms with Gasteiger partial charge in [-0.3, -0.25) is 9.20 Å². The van der Waals surface area contributed by atoms with Crippen LogP contribution in [0.25, 0.3) is 5.65 Å². The molecule has 2 heterocycles. The molecule has 0 atom stereocenters. The Morgan fingerprint density at radius 1 is 1.36 bits per heavy atom. The van der Waals surface area contributed by atoms with Crippen LogP contribution >= 0.6 is 0 Å². The van der Waals surface area contributed by atoms with Gasteiger partial charge in [0, 0.05) is 6.20 Å². The summed E-state index contributed by atoms with van der Waals surface area (Å²) in [6.45, 7) is 4.44. The first-order chi connectivity index (χ1) is 10.0. The average molecular weight is 315 g/mol. The molecule has 0 saturated heterocycles. The quantitative estimate of drug-likeness (QED) is 0.912. The molecule has 0 aliphatic rings. The lowest BCUT2D eigenvalue weighted by molar-refractivity contribution is -0.137. The number of nitrogens with zero attached hydrogens (tertiary/aromatic N) is 2. The van der Waals surface area contributed by atoms with Crippen LogP contribution in [0.15, 0.2) is 18.3 Å². The van der Waals surface area contributed by atoms with Crippen molar-refractivity contribution in [2.24, 2.45) is 0 Å². The lowest BCUT2D eigenvalue weighted by Crippen LogP contribution is -2.46. The number of aliphatic hydroxyl groups is 1. The van der Waals surface area contributed by atoms with E-state index >= 15 is 0 Å². The molecule has 0 saturated carbocycles. The number of rotatable bonds is 3. The van der Waals surface area contributed by atoms with Gasteiger partial charge in [-0.1, -0.05) is 0 Å². The third-order valence-corrected chi connectivity index (χ3v) is 3.18. The second kappa shape index (κ2) is 5.28. The highest BCUT2D eigenvalue weighted by Gasteiger charge is 2.32. The van der Waals surface area contributed by atoms with Crippen molar-refractivity contribution in [1.82, 2.24) is 14.7 Å². The van der Waals surface area contributed by atoms with E-state index in [1.54, 1.807) is 20.8 Å². The minimum Gasteiger partial charge on any atom is -0.394 e. The highest BCUT2D eigenvalue weighted by Crippen LogP contribution is 2.29. The predicted molar refractivity (Wildman–Crippen MR) is 73.6 cm³/mol. The maximum absolute atomic E-state index is 12.8. The lowest BCUT2D eigenvalue weighted by Gasteiger charge is -2.23. The van der Waals surface area contributed by atoms with Gasteiger partial charge in [0.05, 0.1) is 23.4 Å². The van der Waals surface area contributed by atoms with Crippen molar-refractivity contribution in [3.8, 4) is 0 Å². The summed E-state index contributed by atoms with van der Waals surface area (Å²) in [5, 5.41) is 11.8. The fraction of sp³-hybridized carbons (Fsp3) is 0.429. The van der Waals surface area contributed by atoms with E-state index in [1.807, 2.05) is 0 Å². The van der Waals surface area contributed by atoms with Crippen molar-refractivity contribution in [3.63, 3.8) is 0 Å². The van der Waals surface area contributed by atoms with Crippen molar-refractivity contribution >= 4 is 11.6 Å². The van der Waals surface area contributed by atoms with Crippen LogP contribution in [0.1, 0.15) is 35.6 Å². The molecule has 120 valence electrons. The third-order valence-electron chi connectivity index (χ3n) is 3.18. The van der Waals surface area contributed by atoms with Crippen LogP contribution in [0, 0.1) is 6.92 Å². The molecule has 2 aromatic rings. The number of nitrogens with one attached hydrogen (secondary N) is 1. The molecule has 5 nitrogen and oxygen atoms in total. The maximum atomic E-state index is 12.8. The SMILES string of the molecule is Cc1nc2ccc(C(F)(F)F)cn2c1C(=O)NC(C)(C)CO. The molecular weight excluding hydrogens is 299 g/mol. The van der Waals surface area contributed by atoms with Crippen molar-refractivity contribution in [1.29, 1.82) is 0 Å². The number of aryl methyl sites for hydroxylation is 1. The van der Waals surface area contributed by atoms with Crippen LogP contribution in [0.3, 0.4) is 0 Å². The van der Waals surface area contributed by atoms with Crippen molar-refractivity contribution in [2.75, 3.05) is 6.61 Å². The van der Waals surface area contributed by atoms with Crippen molar-refractivity contribution < 1.29 is 23.1 Å².